The van der Waals surface area contributed by atoms with Gasteiger partial charge in [0.1, 0.15) is 11.6 Å². The second kappa shape index (κ2) is 5.97. The van der Waals surface area contributed by atoms with Gasteiger partial charge in [0.25, 0.3) is 5.76 Å². The van der Waals surface area contributed by atoms with E-state index in [1.54, 1.807) is 12.1 Å². The number of halogens is 2. The summed E-state index contributed by atoms with van der Waals surface area (Å²) in [4.78, 5) is 9.62. The molecule has 1 fully saturated rings. The van der Waals surface area contributed by atoms with Crippen molar-refractivity contribution in [3.05, 3.63) is 36.2 Å². The molecule has 0 spiro atoms. The highest BCUT2D eigenvalue weighted by Crippen LogP contribution is 2.39. The normalized spacial score (nSPS) is 14.5. The predicted octanol–water partition coefficient (Wildman–Crippen LogP) is 4.38. The zero-order chi connectivity index (χ0) is 14.8. The van der Waals surface area contributed by atoms with E-state index in [-0.39, 0.29) is 0 Å². The van der Waals surface area contributed by atoms with Gasteiger partial charge in [-0.1, -0.05) is 23.9 Å². The van der Waals surface area contributed by atoms with Gasteiger partial charge in [-0.25, -0.2) is 9.97 Å². The van der Waals surface area contributed by atoms with Crippen molar-refractivity contribution in [2.24, 2.45) is 0 Å². The van der Waals surface area contributed by atoms with Gasteiger partial charge in [-0.05, 0) is 25.0 Å². The number of rotatable bonds is 5. The lowest BCUT2D eigenvalue weighted by molar-refractivity contribution is 0.252. The number of nitrogens with one attached hydrogen (secondary N) is 1. The highest BCUT2D eigenvalue weighted by Gasteiger charge is 2.27. The second-order valence-electron chi connectivity index (χ2n) is 4.92. The van der Waals surface area contributed by atoms with Gasteiger partial charge in [0.05, 0.1) is 5.69 Å². The summed E-state index contributed by atoms with van der Waals surface area (Å²) in [5.74, 6) is -0.284. The quantitative estimate of drug-likeness (QED) is 0.832. The maximum atomic E-state index is 12.3. The van der Waals surface area contributed by atoms with Crippen LogP contribution in [0.2, 0.25) is 0 Å². The number of anilines is 1. The van der Waals surface area contributed by atoms with Crippen molar-refractivity contribution in [2.75, 3.05) is 12.4 Å². The van der Waals surface area contributed by atoms with Crippen LogP contribution in [0.1, 0.15) is 24.6 Å². The molecule has 1 saturated carbocycles. The monoisotopic (exact) mass is 307 g/mol. The third-order valence-electron chi connectivity index (χ3n) is 3.32. The number of aromatic nitrogens is 2. The number of benzene rings is 1. The Labute approximate surface area is 126 Å². The summed E-state index contributed by atoms with van der Waals surface area (Å²) in [7, 11) is 1.82. The zero-order valence-electron chi connectivity index (χ0n) is 11.5. The number of thioether (sulfide) groups is 1. The fourth-order valence-corrected chi connectivity index (χ4v) is 2.57. The summed E-state index contributed by atoms with van der Waals surface area (Å²) < 4.78 is 24.7. The van der Waals surface area contributed by atoms with Crippen molar-refractivity contribution >= 4 is 17.6 Å². The van der Waals surface area contributed by atoms with Crippen molar-refractivity contribution < 1.29 is 8.78 Å². The first-order chi connectivity index (χ1) is 10.2. The van der Waals surface area contributed by atoms with Gasteiger partial charge in [-0.15, -0.1) is 0 Å². The largest absolute Gasteiger partial charge is 0.373 e. The summed E-state index contributed by atoms with van der Waals surface area (Å²) in [6.45, 7) is 0. The summed E-state index contributed by atoms with van der Waals surface area (Å²) in [5.41, 5.74) is 1.74. The van der Waals surface area contributed by atoms with E-state index in [0.717, 1.165) is 35.7 Å². The molecule has 1 aliphatic carbocycles. The molecule has 0 amide bonds. The lowest BCUT2D eigenvalue weighted by atomic mass is 10.1. The van der Waals surface area contributed by atoms with Gasteiger partial charge >= 0.3 is 0 Å². The number of hydrogen-bond acceptors (Lipinski definition) is 4. The lowest BCUT2D eigenvalue weighted by Gasteiger charge is -2.08. The van der Waals surface area contributed by atoms with Gasteiger partial charge < -0.3 is 5.32 Å². The molecule has 6 heteroatoms. The van der Waals surface area contributed by atoms with Crippen molar-refractivity contribution in [1.29, 1.82) is 0 Å². The van der Waals surface area contributed by atoms with Crippen molar-refractivity contribution in [3.63, 3.8) is 0 Å². The van der Waals surface area contributed by atoms with Crippen LogP contribution in [-0.4, -0.2) is 22.8 Å². The molecule has 0 saturated heterocycles. The Morgan fingerprint density at radius 2 is 1.90 bits per heavy atom. The van der Waals surface area contributed by atoms with E-state index in [2.05, 4.69) is 15.3 Å². The van der Waals surface area contributed by atoms with Gasteiger partial charge in [-0.3, -0.25) is 0 Å². The van der Waals surface area contributed by atoms with Crippen LogP contribution >= 0.6 is 11.8 Å². The zero-order valence-corrected chi connectivity index (χ0v) is 12.3. The molecule has 0 atom stereocenters. The molecule has 3 rings (SSSR count). The van der Waals surface area contributed by atoms with E-state index in [0.29, 0.717) is 22.6 Å². The summed E-state index contributed by atoms with van der Waals surface area (Å²) in [6.07, 6.45) is 2.27. The van der Waals surface area contributed by atoms with Gasteiger partial charge in [0, 0.05) is 29.5 Å². The number of nitrogens with zero attached hydrogens (tertiary/aromatic N) is 2. The fourth-order valence-electron chi connectivity index (χ4n) is 2.07. The van der Waals surface area contributed by atoms with Crippen LogP contribution in [0.3, 0.4) is 0 Å². The first kappa shape index (κ1) is 14.3. The van der Waals surface area contributed by atoms with E-state index in [1.165, 1.54) is 0 Å². The molecule has 2 aromatic rings. The number of hydrogen-bond donors (Lipinski definition) is 1. The van der Waals surface area contributed by atoms with Crippen LogP contribution in [0.5, 0.6) is 0 Å². The van der Waals surface area contributed by atoms with E-state index < -0.39 is 5.76 Å². The Morgan fingerprint density at radius 3 is 2.48 bits per heavy atom. The topological polar surface area (TPSA) is 37.8 Å². The Balaban J connectivity index is 1.90. The van der Waals surface area contributed by atoms with Gasteiger partial charge in [0.15, 0.2) is 0 Å². The molecule has 1 N–H and O–H groups in total. The maximum absolute atomic E-state index is 12.3. The second-order valence-corrected chi connectivity index (χ2v) is 5.99. The highest BCUT2D eigenvalue weighted by molar-refractivity contribution is 7.99. The standard InChI is InChI=1S/C15H15F2N3S/c1-18-13-8-12(19-14(20-13)10-2-3-10)9-4-6-11(7-5-9)21-15(16)17/h4-8,10,15H,2-3H2,1H3,(H,18,19,20). The Morgan fingerprint density at radius 1 is 1.19 bits per heavy atom. The van der Waals surface area contributed by atoms with Crippen LogP contribution in [0, 0.1) is 0 Å². The minimum absolute atomic E-state index is 0.464. The third kappa shape index (κ3) is 3.50. The Bertz CT molecular complexity index is 627. The van der Waals surface area contributed by atoms with Crippen LogP contribution < -0.4 is 5.32 Å². The number of alkyl halides is 2. The van der Waals surface area contributed by atoms with Crippen LogP contribution in [0.25, 0.3) is 11.3 Å². The molecule has 1 heterocycles. The summed E-state index contributed by atoms with van der Waals surface area (Å²) >= 11 is 0.550. The van der Waals surface area contributed by atoms with Crippen molar-refractivity contribution in [2.45, 2.75) is 29.4 Å². The van der Waals surface area contributed by atoms with Gasteiger partial charge in [0.2, 0.25) is 0 Å². The first-order valence-electron chi connectivity index (χ1n) is 6.77. The van der Waals surface area contributed by atoms with Crippen LogP contribution in [-0.2, 0) is 0 Å². The van der Waals surface area contributed by atoms with Crippen LogP contribution in [0.15, 0.2) is 35.2 Å². The van der Waals surface area contributed by atoms with E-state index in [1.807, 2.05) is 25.2 Å². The summed E-state index contributed by atoms with van der Waals surface area (Å²) in [6, 6.07) is 8.92. The molecule has 1 aliphatic rings. The Hall–Kier alpha value is -1.69. The van der Waals surface area contributed by atoms with E-state index in [4.69, 9.17) is 0 Å². The molecule has 0 bridgehead atoms. The highest BCUT2D eigenvalue weighted by atomic mass is 32.2. The average Bonchev–Trinajstić information content (AvgIpc) is 3.31. The van der Waals surface area contributed by atoms with Crippen molar-refractivity contribution in [1.82, 2.24) is 9.97 Å². The minimum atomic E-state index is -2.40. The molecule has 0 aliphatic heterocycles. The molecular weight excluding hydrogens is 292 g/mol. The first-order valence-corrected chi connectivity index (χ1v) is 7.65. The van der Waals surface area contributed by atoms with Gasteiger partial charge in [-0.2, -0.15) is 8.78 Å². The molecule has 3 nitrogen and oxygen atoms in total. The molecule has 1 aromatic carbocycles. The minimum Gasteiger partial charge on any atom is -0.373 e. The Kier molecular flexibility index (Phi) is 4.05. The van der Waals surface area contributed by atoms with E-state index >= 15 is 0 Å². The average molecular weight is 307 g/mol. The lowest BCUT2D eigenvalue weighted by Crippen LogP contribution is -2.00. The van der Waals surface area contributed by atoms with Crippen LogP contribution in [0.4, 0.5) is 14.6 Å². The molecule has 0 unspecified atom stereocenters. The molecular formula is C15H15F2N3S. The predicted molar refractivity (Wildman–Crippen MR) is 80.9 cm³/mol. The molecule has 1 aromatic heterocycles. The molecule has 110 valence electrons. The SMILES string of the molecule is CNc1cc(-c2ccc(SC(F)F)cc2)nc(C2CC2)n1. The van der Waals surface area contributed by atoms with E-state index in [9.17, 15) is 8.78 Å². The van der Waals surface area contributed by atoms with Crippen molar-refractivity contribution in [3.8, 4) is 11.3 Å². The molecule has 0 radical (unpaired) electrons. The fraction of sp³-hybridized carbons (Fsp3) is 0.333. The summed E-state index contributed by atoms with van der Waals surface area (Å²) in [5, 5.41) is 3.04. The smallest absolute Gasteiger partial charge is 0.288 e. The maximum Gasteiger partial charge on any atom is 0.288 e. The third-order valence-corrected chi connectivity index (χ3v) is 4.04. The molecule has 21 heavy (non-hydrogen) atoms.